The molecule has 0 aliphatic rings. The molecule has 138 valence electrons. The molecule has 27 heavy (non-hydrogen) atoms. The molecule has 1 amide bonds. The van der Waals surface area contributed by atoms with Crippen molar-refractivity contribution in [3.63, 3.8) is 0 Å². The molecular weight excluding hydrogens is 345 g/mol. The third-order valence-electron chi connectivity index (χ3n) is 4.12. The van der Waals surface area contributed by atoms with E-state index in [9.17, 15) is 9.18 Å². The third-order valence-corrected chi connectivity index (χ3v) is 4.12. The number of carbonyl (C=O) groups is 1. The summed E-state index contributed by atoms with van der Waals surface area (Å²) in [6.07, 6.45) is 4.16. The van der Waals surface area contributed by atoms with Gasteiger partial charge < -0.3 is 10.1 Å². The van der Waals surface area contributed by atoms with Crippen LogP contribution in [0.5, 0.6) is 11.8 Å². The van der Waals surface area contributed by atoms with Gasteiger partial charge in [0.1, 0.15) is 11.6 Å². The Bertz CT molecular complexity index is 894. The van der Waals surface area contributed by atoms with Crippen LogP contribution in [0.25, 0.3) is 11.1 Å². The molecule has 0 unspecified atom stereocenters. The molecule has 1 aromatic heterocycles. The Kier molecular flexibility index (Phi) is 5.76. The molecule has 0 saturated carbocycles. The van der Waals surface area contributed by atoms with Crippen LogP contribution in [0.1, 0.15) is 30.6 Å². The number of rotatable bonds is 6. The Hall–Kier alpha value is -3.28. The van der Waals surface area contributed by atoms with E-state index in [1.807, 2.05) is 26.0 Å². The second-order valence-corrected chi connectivity index (χ2v) is 6.17. The molecule has 6 heteroatoms. The fourth-order valence-electron chi connectivity index (χ4n) is 2.35. The lowest BCUT2D eigenvalue weighted by Gasteiger charge is -2.11. The number of halogens is 1. The molecule has 1 N–H and O–H groups in total. The van der Waals surface area contributed by atoms with Gasteiger partial charge in [-0.3, -0.25) is 4.79 Å². The van der Waals surface area contributed by atoms with E-state index in [0.29, 0.717) is 11.3 Å². The zero-order valence-corrected chi connectivity index (χ0v) is 15.1. The van der Waals surface area contributed by atoms with Gasteiger partial charge in [0.25, 0.3) is 5.91 Å². The molecule has 0 aliphatic carbocycles. The minimum absolute atomic E-state index is 0.0878. The van der Waals surface area contributed by atoms with Gasteiger partial charge in [-0.05, 0) is 55.3 Å². The SMILES string of the molecule is CC[C@H](C)NC(=O)c1ccc(-c2cnc(Oc3ccc(F)cc3)nc2)cc1. The molecule has 0 spiro atoms. The molecule has 2 aromatic carbocycles. The molecule has 0 bridgehead atoms. The van der Waals surface area contributed by atoms with Gasteiger partial charge in [0.2, 0.25) is 0 Å². The van der Waals surface area contributed by atoms with E-state index in [-0.39, 0.29) is 23.8 Å². The molecule has 0 saturated heterocycles. The minimum atomic E-state index is -0.333. The first-order valence-corrected chi connectivity index (χ1v) is 8.72. The van der Waals surface area contributed by atoms with E-state index in [1.54, 1.807) is 24.5 Å². The second kappa shape index (κ2) is 8.40. The topological polar surface area (TPSA) is 64.1 Å². The van der Waals surface area contributed by atoms with E-state index in [0.717, 1.165) is 17.5 Å². The summed E-state index contributed by atoms with van der Waals surface area (Å²) in [5.74, 6) is 0.0379. The summed E-state index contributed by atoms with van der Waals surface area (Å²) in [4.78, 5) is 20.5. The van der Waals surface area contributed by atoms with Crippen molar-refractivity contribution >= 4 is 5.91 Å². The maximum absolute atomic E-state index is 12.9. The number of amides is 1. The van der Waals surface area contributed by atoms with E-state index < -0.39 is 0 Å². The van der Waals surface area contributed by atoms with E-state index >= 15 is 0 Å². The number of carbonyl (C=O) groups excluding carboxylic acids is 1. The highest BCUT2D eigenvalue weighted by Gasteiger charge is 2.09. The number of hydrogen-bond donors (Lipinski definition) is 1. The first-order chi connectivity index (χ1) is 13.0. The van der Waals surface area contributed by atoms with Gasteiger partial charge in [0, 0.05) is 29.6 Å². The highest BCUT2D eigenvalue weighted by atomic mass is 19.1. The number of nitrogens with zero attached hydrogens (tertiary/aromatic N) is 2. The van der Waals surface area contributed by atoms with Gasteiger partial charge in [-0.25, -0.2) is 14.4 Å². The van der Waals surface area contributed by atoms with Crippen LogP contribution in [0, 0.1) is 5.82 Å². The maximum Gasteiger partial charge on any atom is 0.321 e. The Labute approximate surface area is 157 Å². The predicted octanol–water partition coefficient (Wildman–Crippen LogP) is 4.60. The summed E-state index contributed by atoms with van der Waals surface area (Å²) in [6, 6.07) is 13.2. The van der Waals surface area contributed by atoms with Crippen molar-refractivity contribution in [3.05, 3.63) is 72.3 Å². The lowest BCUT2D eigenvalue weighted by molar-refractivity contribution is 0.0939. The quantitative estimate of drug-likeness (QED) is 0.693. The number of benzene rings is 2. The normalized spacial score (nSPS) is 11.7. The Morgan fingerprint density at radius 2 is 1.67 bits per heavy atom. The highest BCUT2D eigenvalue weighted by Crippen LogP contribution is 2.22. The van der Waals surface area contributed by atoms with Crippen molar-refractivity contribution in [3.8, 4) is 22.9 Å². The standard InChI is InChI=1S/C21H20FN3O2/c1-3-14(2)25-20(26)16-6-4-15(5-7-16)17-12-23-21(24-13-17)27-19-10-8-18(22)9-11-19/h4-14H,3H2,1-2H3,(H,25,26)/t14-/m0/s1. The molecular formula is C21H20FN3O2. The zero-order valence-electron chi connectivity index (χ0n) is 15.1. The fourth-order valence-corrected chi connectivity index (χ4v) is 2.35. The zero-order chi connectivity index (χ0) is 19.2. The number of ether oxygens (including phenoxy) is 1. The van der Waals surface area contributed by atoms with Gasteiger partial charge in [0.05, 0.1) is 0 Å². The van der Waals surface area contributed by atoms with Gasteiger partial charge in [-0.2, -0.15) is 0 Å². The van der Waals surface area contributed by atoms with Gasteiger partial charge >= 0.3 is 6.01 Å². The Morgan fingerprint density at radius 1 is 1.04 bits per heavy atom. The van der Waals surface area contributed by atoms with Gasteiger partial charge in [-0.1, -0.05) is 19.1 Å². The van der Waals surface area contributed by atoms with Crippen LogP contribution >= 0.6 is 0 Å². The maximum atomic E-state index is 12.9. The van der Waals surface area contributed by atoms with Crippen LogP contribution in [0.4, 0.5) is 4.39 Å². The smallest absolute Gasteiger partial charge is 0.321 e. The molecule has 3 rings (SSSR count). The predicted molar refractivity (Wildman–Crippen MR) is 101 cm³/mol. The monoisotopic (exact) mass is 365 g/mol. The van der Waals surface area contributed by atoms with E-state index in [2.05, 4.69) is 15.3 Å². The first-order valence-electron chi connectivity index (χ1n) is 8.72. The largest absolute Gasteiger partial charge is 0.424 e. The first kappa shape index (κ1) is 18.5. The van der Waals surface area contributed by atoms with Crippen molar-refractivity contribution in [1.29, 1.82) is 0 Å². The van der Waals surface area contributed by atoms with Crippen LogP contribution in [0.2, 0.25) is 0 Å². The molecule has 1 heterocycles. The highest BCUT2D eigenvalue weighted by molar-refractivity contribution is 5.94. The summed E-state index contributed by atoms with van der Waals surface area (Å²) >= 11 is 0. The lowest BCUT2D eigenvalue weighted by atomic mass is 10.1. The van der Waals surface area contributed by atoms with Crippen molar-refractivity contribution in [2.75, 3.05) is 0 Å². The van der Waals surface area contributed by atoms with Crippen molar-refractivity contribution in [2.24, 2.45) is 0 Å². The molecule has 3 aromatic rings. The average Bonchev–Trinajstić information content (AvgIpc) is 2.70. The van der Waals surface area contributed by atoms with Crippen molar-refractivity contribution in [1.82, 2.24) is 15.3 Å². The molecule has 5 nitrogen and oxygen atoms in total. The van der Waals surface area contributed by atoms with Crippen molar-refractivity contribution in [2.45, 2.75) is 26.3 Å². The molecule has 0 aliphatic heterocycles. The summed E-state index contributed by atoms with van der Waals surface area (Å²) < 4.78 is 18.4. The molecule has 0 radical (unpaired) electrons. The summed E-state index contributed by atoms with van der Waals surface area (Å²) in [5, 5.41) is 2.94. The van der Waals surface area contributed by atoms with Crippen LogP contribution < -0.4 is 10.1 Å². The summed E-state index contributed by atoms with van der Waals surface area (Å²) in [5.41, 5.74) is 2.30. The van der Waals surface area contributed by atoms with Crippen molar-refractivity contribution < 1.29 is 13.9 Å². The van der Waals surface area contributed by atoms with E-state index in [1.165, 1.54) is 24.3 Å². The van der Waals surface area contributed by atoms with Gasteiger partial charge in [0.15, 0.2) is 0 Å². The van der Waals surface area contributed by atoms with Crippen LogP contribution in [0.15, 0.2) is 60.9 Å². The Morgan fingerprint density at radius 3 is 2.26 bits per heavy atom. The minimum Gasteiger partial charge on any atom is -0.424 e. The number of aromatic nitrogens is 2. The summed E-state index contributed by atoms with van der Waals surface area (Å²) in [6.45, 7) is 4.00. The second-order valence-electron chi connectivity index (χ2n) is 6.17. The van der Waals surface area contributed by atoms with E-state index in [4.69, 9.17) is 4.74 Å². The molecule has 1 atom stereocenters. The third kappa shape index (κ3) is 4.88. The molecule has 0 fully saturated rings. The number of nitrogens with one attached hydrogen (secondary N) is 1. The van der Waals surface area contributed by atoms with Crippen LogP contribution in [-0.2, 0) is 0 Å². The Balaban J connectivity index is 1.68. The van der Waals surface area contributed by atoms with Crippen LogP contribution in [-0.4, -0.2) is 21.9 Å². The number of hydrogen-bond acceptors (Lipinski definition) is 4. The van der Waals surface area contributed by atoms with Gasteiger partial charge in [-0.15, -0.1) is 0 Å². The lowest BCUT2D eigenvalue weighted by Crippen LogP contribution is -2.31. The van der Waals surface area contributed by atoms with Crippen LogP contribution in [0.3, 0.4) is 0 Å². The fraction of sp³-hybridized carbons (Fsp3) is 0.190. The average molecular weight is 365 g/mol. The summed E-state index contributed by atoms with van der Waals surface area (Å²) in [7, 11) is 0.